The maximum Gasteiger partial charge on any atom is 0.310 e. The lowest BCUT2D eigenvalue weighted by molar-refractivity contribution is -0.138. The van der Waals surface area contributed by atoms with Crippen molar-refractivity contribution in [3.05, 3.63) is 72.3 Å². The van der Waals surface area contributed by atoms with E-state index in [1.54, 1.807) is 19.1 Å². The Morgan fingerprint density at radius 1 is 0.815 bits per heavy atom. The number of carboxylic acid groups (broad SMARTS) is 1. The molecule has 0 spiro atoms. The minimum Gasteiger partial charge on any atom is -0.507 e. The number of rotatable bonds is 3. The van der Waals surface area contributed by atoms with E-state index in [1.807, 2.05) is 54.6 Å². The van der Waals surface area contributed by atoms with Crippen LogP contribution in [0, 0.1) is 0 Å². The largest absolute Gasteiger partial charge is 0.507 e. The minimum atomic E-state index is -1.02. The molecule has 0 radical (unpaired) electrons. The first-order valence-corrected chi connectivity index (χ1v) is 8.67. The van der Waals surface area contributed by atoms with Gasteiger partial charge in [0, 0.05) is 16.7 Å². The second-order valence-electron chi connectivity index (χ2n) is 6.65. The molecule has 134 valence electrons. The van der Waals surface area contributed by atoms with Gasteiger partial charge < -0.3 is 15.3 Å². The minimum absolute atomic E-state index is 0.0364. The zero-order valence-electron chi connectivity index (χ0n) is 14.7. The van der Waals surface area contributed by atoms with Crippen LogP contribution < -0.4 is 0 Å². The lowest BCUT2D eigenvalue weighted by Crippen LogP contribution is -2.08. The third-order valence-electron chi connectivity index (χ3n) is 5.05. The van der Waals surface area contributed by atoms with Crippen LogP contribution in [0.3, 0.4) is 0 Å². The summed E-state index contributed by atoms with van der Waals surface area (Å²) in [5, 5.41) is 34.5. The van der Waals surface area contributed by atoms with E-state index >= 15 is 0 Å². The molecule has 4 aromatic rings. The molecular weight excluding hydrogens is 340 g/mol. The first kappa shape index (κ1) is 16.9. The van der Waals surface area contributed by atoms with E-state index < -0.39 is 11.9 Å². The van der Waals surface area contributed by atoms with Gasteiger partial charge in [0.15, 0.2) is 0 Å². The molecule has 0 aliphatic carbocycles. The molecule has 0 saturated heterocycles. The smallest absolute Gasteiger partial charge is 0.310 e. The highest BCUT2D eigenvalue weighted by Crippen LogP contribution is 2.47. The fraction of sp³-hybridized carbons (Fsp3) is 0.0870. The van der Waals surface area contributed by atoms with Gasteiger partial charge in [-0.05, 0) is 40.6 Å². The van der Waals surface area contributed by atoms with Crippen molar-refractivity contribution in [2.45, 2.75) is 12.8 Å². The number of phenolic OH excluding ortho intramolecular Hbond substituents is 2. The van der Waals surface area contributed by atoms with Gasteiger partial charge in [0.25, 0.3) is 0 Å². The molecule has 4 aromatic carbocycles. The Kier molecular flexibility index (Phi) is 3.96. The standard InChI is InChI=1S/C23H18O4/c1-13(23(26)27)18-12-15-7-3-5-9-17(15)21(22(18)25)20-16-8-4-2-6-14(16)10-11-19(20)24/h2-13,24-25H,1H3,(H,26,27). The van der Waals surface area contributed by atoms with Gasteiger partial charge in [-0.25, -0.2) is 0 Å². The summed E-state index contributed by atoms with van der Waals surface area (Å²) in [4.78, 5) is 11.6. The molecule has 1 unspecified atom stereocenters. The lowest BCUT2D eigenvalue weighted by Gasteiger charge is -2.18. The molecule has 4 heteroatoms. The Labute approximate surface area is 155 Å². The number of phenols is 2. The average molecular weight is 358 g/mol. The molecule has 4 nitrogen and oxygen atoms in total. The van der Waals surface area contributed by atoms with Crippen LogP contribution in [0.1, 0.15) is 18.4 Å². The number of benzene rings is 4. The molecule has 0 saturated carbocycles. The normalized spacial score (nSPS) is 12.3. The van der Waals surface area contributed by atoms with Crippen LogP contribution in [-0.2, 0) is 4.79 Å². The number of hydrogen-bond acceptors (Lipinski definition) is 3. The monoisotopic (exact) mass is 358 g/mol. The van der Waals surface area contributed by atoms with Gasteiger partial charge in [-0.15, -0.1) is 0 Å². The van der Waals surface area contributed by atoms with E-state index in [4.69, 9.17) is 0 Å². The Balaban J connectivity index is 2.19. The summed E-state index contributed by atoms with van der Waals surface area (Å²) in [5.74, 6) is -1.98. The fourth-order valence-corrected chi connectivity index (χ4v) is 3.60. The number of fused-ring (bicyclic) bond motifs is 2. The van der Waals surface area contributed by atoms with Crippen LogP contribution in [0.25, 0.3) is 32.7 Å². The van der Waals surface area contributed by atoms with E-state index in [0.29, 0.717) is 16.7 Å². The third-order valence-corrected chi connectivity index (χ3v) is 5.05. The van der Waals surface area contributed by atoms with Gasteiger partial charge in [-0.2, -0.15) is 0 Å². The topological polar surface area (TPSA) is 77.8 Å². The van der Waals surface area contributed by atoms with E-state index in [2.05, 4.69) is 0 Å². The number of hydrogen-bond donors (Lipinski definition) is 3. The van der Waals surface area contributed by atoms with Crippen molar-refractivity contribution in [3.8, 4) is 22.6 Å². The molecule has 0 heterocycles. The van der Waals surface area contributed by atoms with Crippen molar-refractivity contribution < 1.29 is 20.1 Å². The first-order chi connectivity index (χ1) is 13.0. The first-order valence-electron chi connectivity index (χ1n) is 8.67. The molecule has 4 rings (SSSR count). The summed E-state index contributed by atoms with van der Waals surface area (Å²) in [6.45, 7) is 1.54. The SMILES string of the molecule is CC(C(=O)O)c1cc2ccccc2c(-c2c(O)ccc3ccccc23)c1O. The lowest BCUT2D eigenvalue weighted by atomic mass is 9.87. The van der Waals surface area contributed by atoms with Gasteiger partial charge >= 0.3 is 5.97 Å². The van der Waals surface area contributed by atoms with Crippen molar-refractivity contribution in [2.24, 2.45) is 0 Å². The maximum atomic E-state index is 11.6. The van der Waals surface area contributed by atoms with Crippen LogP contribution in [-0.4, -0.2) is 21.3 Å². The van der Waals surface area contributed by atoms with E-state index in [9.17, 15) is 20.1 Å². The number of carboxylic acids is 1. The molecule has 0 aliphatic rings. The Hall–Kier alpha value is -3.53. The molecule has 1 atom stereocenters. The van der Waals surface area contributed by atoms with Crippen molar-refractivity contribution in [3.63, 3.8) is 0 Å². The quantitative estimate of drug-likeness (QED) is 0.467. The van der Waals surface area contributed by atoms with Crippen molar-refractivity contribution in [1.82, 2.24) is 0 Å². The summed E-state index contributed by atoms with van der Waals surface area (Å²) in [7, 11) is 0. The van der Waals surface area contributed by atoms with Gasteiger partial charge in [0.2, 0.25) is 0 Å². The predicted molar refractivity (Wildman–Crippen MR) is 106 cm³/mol. The van der Waals surface area contributed by atoms with E-state index in [1.165, 1.54) is 0 Å². The zero-order valence-corrected chi connectivity index (χ0v) is 14.7. The van der Waals surface area contributed by atoms with Crippen LogP contribution in [0.15, 0.2) is 66.7 Å². The number of aliphatic carboxylic acids is 1. The Morgan fingerprint density at radius 3 is 2.07 bits per heavy atom. The van der Waals surface area contributed by atoms with Crippen molar-refractivity contribution in [2.75, 3.05) is 0 Å². The summed E-state index contributed by atoms with van der Waals surface area (Å²) < 4.78 is 0. The van der Waals surface area contributed by atoms with E-state index in [0.717, 1.165) is 21.5 Å². The number of carbonyl (C=O) groups is 1. The van der Waals surface area contributed by atoms with Gasteiger partial charge in [0.1, 0.15) is 11.5 Å². The highest BCUT2D eigenvalue weighted by atomic mass is 16.4. The molecule has 0 fully saturated rings. The fourth-order valence-electron chi connectivity index (χ4n) is 3.60. The van der Waals surface area contributed by atoms with E-state index in [-0.39, 0.29) is 11.5 Å². The summed E-state index contributed by atoms with van der Waals surface area (Å²) in [6, 6.07) is 20.2. The molecule has 0 bridgehead atoms. The van der Waals surface area contributed by atoms with Gasteiger partial charge in [-0.1, -0.05) is 54.6 Å². The Bertz CT molecular complexity index is 1190. The van der Waals surface area contributed by atoms with Crippen LogP contribution >= 0.6 is 0 Å². The highest BCUT2D eigenvalue weighted by molar-refractivity contribution is 6.10. The summed E-state index contributed by atoms with van der Waals surface area (Å²) in [6.07, 6.45) is 0. The molecule has 0 aromatic heterocycles. The summed E-state index contributed by atoms with van der Waals surface area (Å²) >= 11 is 0. The highest BCUT2D eigenvalue weighted by Gasteiger charge is 2.24. The van der Waals surface area contributed by atoms with Crippen LogP contribution in [0.2, 0.25) is 0 Å². The second-order valence-corrected chi connectivity index (χ2v) is 6.65. The van der Waals surface area contributed by atoms with Crippen LogP contribution in [0.4, 0.5) is 0 Å². The van der Waals surface area contributed by atoms with Gasteiger partial charge in [0.05, 0.1) is 5.92 Å². The molecule has 27 heavy (non-hydrogen) atoms. The molecule has 3 N–H and O–H groups in total. The van der Waals surface area contributed by atoms with Crippen LogP contribution in [0.5, 0.6) is 11.5 Å². The third kappa shape index (κ3) is 2.66. The molecule has 0 aliphatic heterocycles. The number of aromatic hydroxyl groups is 2. The maximum absolute atomic E-state index is 11.6. The second kappa shape index (κ2) is 6.32. The zero-order chi connectivity index (χ0) is 19.1. The average Bonchev–Trinajstić information content (AvgIpc) is 2.68. The molecular formula is C23H18O4. The summed E-state index contributed by atoms with van der Waals surface area (Å²) in [5.41, 5.74) is 1.27. The van der Waals surface area contributed by atoms with Crippen molar-refractivity contribution >= 4 is 27.5 Å². The van der Waals surface area contributed by atoms with Crippen molar-refractivity contribution in [1.29, 1.82) is 0 Å². The predicted octanol–water partition coefficient (Wildman–Crippen LogP) is 5.26. The van der Waals surface area contributed by atoms with Gasteiger partial charge in [-0.3, -0.25) is 4.79 Å². The Morgan fingerprint density at radius 2 is 1.41 bits per heavy atom. The molecule has 0 amide bonds.